The van der Waals surface area contributed by atoms with Crippen molar-refractivity contribution in [2.45, 2.75) is 31.8 Å². The lowest BCUT2D eigenvalue weighted by Gasteiger charge is -2.12. The maximum absolute atomic E-state index is 13.0. The summed E-state index contributed by atoms with van der Waals surface area (Å²) in [7, 11) is 0. The monoisotopic (exact) mass is 238 g/mol. The van der Waals surface area contributed by atoms with Gasteiger partial charge in [-0.1, -0.05) is 0 Å². The minimum Gasteiger partial charge on any atom is -0.446 e. The number of ether oxygens (including phenoxy) is 1. The van der Waals surface area contributed by atoms with Crippen LogP contribution < -0.4 is 11.1 Å². The first-order valence-corrected chi connectivity index (χ1v) is 5.67. The van der Waals surface area contributed by atoms with Gasteiger partial charge in [0.15, 0.2) is 0 Å². The van der Waals surface area contributed by atoms with Crippen molar-refractivity contribution in [3.05, 3.63) is 24.0 Å². The van der Waals surface area contributed by atoms with Gasteiger partial charge in [-0.3, -0.25) is 5.32 Å². The average molecular weight is 238 g/mol. The summed E-state index contributed by atoms with van der Waals surface area (Å²) in [4.78, 5) is 11.5. The molecule has 1 aromatic carbocycles. The Morgan fingerprint density at radius 2 is 2.06 bits per heavy atom. The van der Waals surface area contributed by atoms with Gasteiger partial charge in [0.25, 0.3) is 0 Å². The number of anilines is 2. The van der Waals surface area contributed by atoms with Crippen LogP contribution in [-0.4, -0.2) is 12.2 Å². The molecule has 1 aliphatic carbocycles. The maximum atomic E-state index is 13.0. The van der Waals surface area contributed by atoms with Gasteiger partial charge in [0.1, 0.15) is 11.9 Å². The normalized spacial score (nSPS) is 15.8. The second-order valence-corrected chi connectivity index (χ2v) is 4.21. The Labute approximate surface area is 98.9 Å². The third-order valence-electron chi connectivity index (χ3n) is 2.74. The molecule has 0 aromatic heterocycles. The number of rotatable bonds is 2. The van der Waals surface area contributed by atoms with Gasteiger partial charge in [-0.15, -0.1) is 0 Å². The van der Waals surface area contributed by atoms with Crippen LogP contribution in [0.1, 0.15) is 25.7 Å². The number of nitrogen functional groups attached to an aromatic ring is 1. The van der Waals surface area contributed by atoms with Crippen molar-refractivity contribution in [2.24, 2.45) is 0 Å². The van der Waals surface area contributed by atoms with Crippen LogP contribution in [0.2, 0.25) is 0 Å². The van der Waals surface area contributed by atoms with Gasteiger partial charge in [-0.05, 0) is 43.9 Å². The number of nitrogens with one attached hydrogen (secondary N) is 1. The first-order valence-electron chi connectivity index (χ1n) is 5.67. The quantitative estimate of drug-likeness (QED) is 0.778. The highest BCUT2D eigenvalue weighted by Gasteiger charge is 2.19. The number of carbonyl (C=O) groups is 1. The van der Waals surface area contributed by atoms with Crippen LogP contribution in [0.5, 0.6) is 0 Å². The lowest BCUT2D eigenvalue weighted by molar-refractivity contribution is 0.114. The summed E-state index contributed by atoms with van der Waals surface area (Å²) in [6.07, 6.45) is 3.41. The second-order valence-electron chi connectivity index (χ2n) is 4.21. The summed E-state index contributed by atoms with van der Waals surface area (Å²) >= 11 is 0. The zero-order chi connectivity index (χ0) is 12.3. The third kappa shape index (κ3) is 3.34. The summed E-state index contributed by atoms with van der Waals surface area (Å²) in [6, 6.07) is 3.87. The molecule has 5 heteroatoms. The van der Waals surface area contributed by atoms with Crippen LogP contribution in [0.3, 0.4) is 0 Å². The molecule has 0 radical (unpaired) electrons. The number of hydrogen-bond donors (Lipinski definition) is 2. The number of hydrogen-bond acceptors (Lipinski definition) is 3. The molecule has 2 rings (SSSR count). The van der Waals surface area contributed by atoms with Crippen molar-refractivity contribution >= 4 is 17.5 Å². The highest BCUT2D eigenvalue weighted by atomic mass is 19.1. The molecular weight excluding hydrogens is 223 g/mol. The zero-order valence-electron chi connectivity index (χ0n) is 9.41. The molecule has 0 spiro atoms. The van der Waals surface area contributed by atoms with Crippen LogP contribution in [0, 0.1) is 5.82 Å². The Balaban J connectivity index is 1.92. The van der Waals surface area contributed by atoms with Crippen molar-refractivity contribution in [3.8, 4) is 0 Å². The molecule has 1 saturated carbocycles. The Hall–Kier alpha value is -1.78. The van der Waals surface area contributed by atoms with E-state index in [-0.39, 0.29) is 11.8 Å². The van der Waals surface area contributed by atoms with E-state index in [4.69, 9.17) is 10.5 Å². The molecule has 0 saturated heterocycles. The Morgan fingerprint density at radius 3 is 2.71 bits per heavy atom. The predicted molar refractivity (Wildman–Crippen MR) is 63.2 cm³/mol. The van der Waals surface area contributed by atoms with Gasteiger partial charge in [-0.25, -0.2) is 9.18 Å². The molecule has 92 valence electrons. The molecule has 0 atom stereocenters. The van der Waals surface area contributed by atoms with E-state index in [2.05, 4.69) is 5.32 Å². The van der Waals surface area contributed by atoms with Gasteiger partial charge < -0.3 is 10.5 Å². The summed E-state index contributed by atoms with van der Waals surface area (Å²) in [6.45, 7) is 0. The molecule has 0 bridgehead atoms. The summed E-state index contributed by atoms with van der Waals surface area (Å²) in [5, 5.41) is 2.47. The van der Waals surface area contributed by atoms with Gasteiger partial charge in [-0.2, -0.15) is 0 Å². The summed E-state index contributed by atoms with van der Waals surface area (Å²) in [5.41, 5.74) is 6.04. The first-order chi connectivity index (χ1) is 8.13. The molecule has 4 nitrogen and oxygen atoms in total. The van der Waals surface area contributed by atoms with Crippen LogP contribution >= 0.6 is 0 Å². The predicted octanol–water partition coefficient (Wildman–Crippen LogP) is 2.90. The molecule has 0 aliphatic heterocycles. The van der Waals surface area contributed by atoms with Crippen LogP contribution in [0.4, 0.5) is 20.6 Å². The summed E-state index contributed by atoms with van der Waals surface area (Å²) in [5.74, 6) is -0.485. The molecule has 1 aliphatic rings. The van der Waals surface area contributed by atoms with E-state index in [9.17, 15) is 9.18 Å². The van der Waals surface area contributed by atoms with Crippen LogP contribution in [0.15, 0.2) is 18.2 Å². The van der Waals surface area contributed by atoms with Crippen LogP contribution in [-0.2, 0) is 4.74 Å². The highest BCUT2D eigenvalue weighted by Crippen LogP contribution is 2.22. The van der Waals surface area contributed by atoms with Gasteiger partial charge in [0.05, 0.1) is 0 Å². The fourth-order valence-electron chi connectivity index (χ4n) is 1.99. The van der Waals surface area contributed by atoms with Crippen molar-refractivity contribution in [3.63, 3.8) is 0 Å². The van der Waals surface area contributed by atoms with E-state index in [0.29, 0.717) is 5.69 Å². The molecule has 0 heterocycles. The average Bonchev–Trinajstić information content (AvgIpc) is 2.67. The lowest BCUT2D eigenvalue weighted by Crippen LogP contribution is -2.20. The number of benzene rings is 1. The van der Waals surface area contributed by atoms with Gasteiger partial charge >= 0.3 is 6.09 Å². The maximum Gasteiger partial charge on any atom is 0.411 e. The molecule has 1 aromatic rings. The minimum absolute atomic E-state index is 0.0130. The van der Waals surface area contributed by atoms with Crippen molar-refractivity contribution in [1.29, 1.82) is 0 Å². The van der Waals surface area contributed by atoms with Crippen molar-refractivity contribution < 1.29 is 13.9 Å². The molecule has 0 unspecified atom stereocenters. The molecule has 3 N–H and O–H groups in total. The number of halogens is 1. The van der Waals surface area contributed by atoms with Gasteiger partial charge in [0, 0.05) is 11.4 Å². The largest absolute Gasteiger partial charge is 0.446 e. The standard InChI is InChI=1S/C12H15FN2O2/c13-8-5-9(14)7-10(6-8)15-12(16)17-11-3-1-2-4-11/h5-7,11H,1-4,14H2,(H,15,16). The highest BCUT2D eigenvalue weighted by molar-refractivity contribution is 5.85. The van der Waals surface area contributed by atoms with Crippen molar-refractivity contribution in [1.82, 2.24) is 0 Å². The van der Waals surface area contributed by atoms with Crippen LogP contribution in [0.25, 0.3) is 0 Å². The Bertz CT molecular complexity index is 397. The summed E-state index contributed by atoms with van der Waals surface area (Å²) < 4.78 is 18.2. The SMILES string of the molecule is Nc1cc(F)cc(NC(=O)OC2CCCC2)c1. The zero-order valence-corrected chi connectivity index (χ0v) is 9.41. The molecule has 17 heavy (non-hydrogen) atoms. The Morgan fingerprint density at radius 1 is 1.35 bits per heavy atom. The second kappa shape index (κ2) is 5.03. The van der Waals surface area contributed by atoms with Gasteiger partial charge in [0.2, 0.25) is 0 Å². The van der Waals surface area contributed by atoms with E-state index in [1.54, 1.807) is 0 Å². The fraction of sp³-hybridized carbons (Fsp3) is 0.417. The topological polar surface area (TPSA) is 64.3 Å². The third-order valence-corrected chi connectivity index (χ3v) is 2.74. The van der Waals surface area contributed by atoms with E-state index in [0.717, 1.165) is 25.7 Å². The fourth-order valence-corrected chi connectivity index (χ4v) is 1.99. The van der Waals surface area contributed by atoms with E-state index >= 15 is 0 Å². The first kappa shape index (κ1) is 11.7. The molecular formula is C12H15FN2O2. The van der Waals surface area contributed by atoms with E-state index in [1.165, 1.54) is 18.2 Å². The number of amides is 1. The smallest absolute Gasteiger partial charge is 0.411 e. The lowest BCUT2D eigenvalue weighted by atomic mass is 10.3. The van der Waals surface area contributed by atoms with Crippen molar-refractivity contribution in [2.75, 3.05) is 11.1 Å². The molecule has 1 amide bonds. The minimum atomic E-state index is -0.554. The van der Waals surface area contributed by atoms with E-state index in [1.807, 2.05) is 0 Å². The molecule has 1 fully saturated rings. The Kier molecular flexibility index (Phi) is 3.46. The van der Waals surface area contributed by atoms with E-state index < -0.39 is 11.9 Å². The number of nitrogens with two attached hydrogens (primary N) is 1. The number of carbonyl (C=O) groups excluding carboxylic acids is 1.